The zero-order valence-corrected chi connectivity index (χ0v) is 9.80. The summed E-state index contributed by atoms with van der Waals surface area (Å²) in [7, 11) is -4.04. The molecule has 1 aromatic rings. The lowest BCUT2D eigenvalue weighted by atomic mass is 9.84. The number of fused-ring (bicyclic) bond motifs is 1. The normalized spacial score (nSPS) is 20.1. The number of halogens is 2. The van der Waals surface area contributed by atoms with Crippen molar-refractivity contribution in [2.24, 2.45) is 5.92 Å². The molecule has 0 spiro atoms. The van der Waals surface area contributed by atoms with Crippen LogP contribution in [-0.2, 0) is 23.0 Å². The molecular weight excluding hydrogens is 250 g/mol. The van der Waals surface area contributed by atoms with Gasteiger partial charge in [-0.15, -0.1) is 0 Å². The highest BCUT2D eigenvalue weighted by atomic mass is 32.2. The zero-order chi connectivity index (χ0) is 12.6. The summed E-state index contributed by atoms with van der Waals surface area (Å²) in [4.78, 5) is 0. The molecule has 94 valence electrons. The van der Waals surface area contributed by atoms with Gasteiger partial charge in [0.15, 0.2) is 0 Å². The Morgan fingerprint density at radius 3 is 2.71 bits per heavy atom. The molecule has 0 fully saturated rings. The highest BCUT2D eigenvalue weighted by molar-refractivity contribution is 7.85. The molecule has 1 atom stereocenters. The molecule has 3 nitrogen and oxygen atoms in total. The smallest absolute Gasteiger partial charge is 0.265 e. The van der Waals surface area contributed by atoms with Crippen molar-refractivity contribution in [2.75, 3.05) is 5.75 Å². The quantitative estimate of drug-likeness (QED) is 0.829. The summed E-state index contributed by atoms with van der Waals surface area (Å²) >= 11 is 0. The maximum Gasteiger partial charge on any atom is 0.265 e. The third kappa shape index (κ3) is 3.01. The Morgan fingerprint density at radius 2 is 2.06 bits per heavy atom. The Labute approximate surface area is 98.2 Å². The average Bonchev–Trinajstić information content (AvgIpc) is 2.16. The summed E-state index contributed by atoms with van der Waals surface area (Å²) in [6, 6.07) is 2.08. The molecule has 0 bridgehead atoms. The van der Waals surface area contributed by atoms with E-state index in [4.69, 9.17) is 4.55 Å². The van der Waals surface area contributed by atoms with Crippen molar-refractivity contribution in [2.45, 2.75) is 19.3 Å². The third-order valence-corrected chi connectivity index (χ3v) is 3.91. The second kappa shape index (κ2) is 4.34. The highest BCUT2D eigenvalue weighted by Crippen LogP contribution is 2.29. The lowest BCUT2D eigenvalue weighted by Crippen LogP contribution is -2.23. The van der Waals surface area contributed by atoms with E-state index in [0.29, 0.717) is 24.0 Å². The van der Waals surface area contributed by atoms with Crippen molar-refractivity contribution in [3.63, 3.8) is 0 Å². The average molecular weight is 262 g/mol. The lowest BCUT2D eigenvalue weighted by Gasteiger charge is -2.23. The van der Waals surface area contributed by atoms with Gasteiger partial charge in [0.1, 0.15) is 11.6 Å². The minimum Gasteiger partial charge on any atom is -0.286 e. The van der Waals surface area contributed by atoms with Crippen LogP contribution in [0.15, 0.2) is 12.1 Å². The van der Waals surface area contributed by atoms with Crippen molar-refractivity contribution in [3.05, 3.63) is 34.9 Å². The van der Waals surface area contributed by atoms with Crippen LogP contribution in [-0.4, -0.2) is 18.7 Å². The molecule has 1 aliphatic rings. The monoisotopic (exact) mass is 262 g/mol. The Morgan fingerprint density at radius 1 is 1.35 bits per heavy atom. The zero-order valence-electron chi connectivity index (χ0n) is 8.99. The van der Waals surface area contributed by atoms with Gasteiger partial charge in [0, 0.05) is 6.07 Å². The third-order valence-electron chi connectivity index (χ3n) is 3.01. The summed E-state index contributed by atoms with van der Waals surface area (Å²) in [5.41, 5.74) is 0.959. The summed E-state index contributed by atoms with van der Waals surface area (Å²) in [5.74, 6) is -1.93. The van der Waals surface area contributed by atoms with Crippen molar-refractivity contribution in [1.29, 1.82) is 0 Å². The van der Waals surface area contributed by atoms with Crippen LogP contribution < -0.4 is 0 Å². The first kappa shape index (κ1) is 12.4. The number of aryl methyl sites for hydroxylation is 1. The van der Waals surface area contributed by atoms with Crippen LogP contribution in [0.4, 0.5) is 8.78 Å². The molecule has 2 rings (SSSR count). The fourth-order valence-corrected chi connectivity index (χ4v) is 3.18. The van der Waals surface area contributed by atoms with Crippen LogP contribution >= 0.6 is 0 Å². The van der Waals surface area contributed by atoms with E-state index in [1.54, 1.807) is 0 Å². The Bertz CT molecular complexity index is 540. The predicted octanol–water partition coefficient (Wildman–Crippen LogP) is 1.96. The molecule has 0 radical (unpaired) electrons. The lowest BCUT2D eigenvalue weighted by molar-refractivity contribution is 0.434. The van der Waals surface area contributed by atoms with E-state index in [1.165, 1.54) is 6.07 Å². The first-order chi connectivity index (χ1) is 7.85. The highest BCUT2D eigenvalue weighted by Gasteiger charge is 2.25. The van der Waals surface area contributed by atoms with Crippen LogP contribution in [0, 0.1) is 17.6 Å². The van der Waals surface area contributed by atoms with Crippen molar-refractivity contribution < 1.29 is 21.8 Å². The van der Waals surface area contributed by atoms with Crippen LogP contribution in [0.3, 0.4) is 0 Å². The summed E-state index contributed by atoms with van der Waals surface area (Å²) < 4.78 is 56.7. The molecule has 0 saturated carbocycles. The SMILES string of the molecule is O=S(=O)(O)C[C@@H]1CCc2cc(F)cc(F)c2C1. The predicted molar refractivity (Wildman–Crippen MR) is 58.3 cm³/mol. The minimum atomic E-state index is -4.04. The largest absolute Gasteiger partial charge is 0.286 e. The van der Waals surface area contributed by atoms with Crippen LogP contribution in [0.2, 0.25) is 0 Å². The van der Waals surface area contributed by atoms with Gasteiger partial charge in [0.2, 0.25) is 0 Å². The fraction of sp³-hybridized carbons (Fsp3) is 0.455. The molecular formula is C11H12F2O3S. The van der Waals surface area contributed by atoms with Gasteiger partial charge in [-0.2, -0.15) is 8.42 Å². The molecule has 1 aromatic carbocycles. The molecule has 6 heteroatoms. The van der Waals surface area contributed by atoms with Gasteiger partial charge in [-0.25, -0.2) is 8.78 Å². The summed E-state index contributed by atoms with van der Waals surface area (Å²) in [5, 5.41) is 0. The number of hydrogen-bond acceptors (Lipinski definition) is 2. The molecule has 0 heterocycles. The number of benzene rings is 1. The first-order valence-corrected chi connectivity index (χ1v) is 6.88. The van der Waals surface area contributed by atoms with E-state index < -0.39 is 21.8 Å². The molecule has 17 heavy (non-hydrogen) atoms. The molecule has 0 unspecified atom stereocenters. The minimum absolute atomic E-state index is 0.223. The van der Waals surface area contributed by atoms with Gasteiger partial charge in [-0.1, -0.05) is 0 Å². The summed E-state index contributed by atoms with van der Waals surface area (Å²) in [6.45, 7) is 0. The molecule has 1 aliphatic carbocycles. The van der Waals surface area contributed by atoms with E-state index in [1.807, 2.05) is 0 Å². The van der Waals surface area contributed by atoms with Crippen LogP contribution in [0.25, 0.3) is 0 Å². The number of rotatable bonds is 2. The van der Waals surface area contributed by atoms with E-state index in [-0.39, 0.29) is 18.1 Å². The van der Waals surface area contributed by atoms with Gasteiger partial charge in [0.25, 0.3) is 10.1 Å². The standard InChI is InChI=1S/C11H12F2O3S/c12-9-4-8-2-1-7(6-17(14,15)16)3-10(8)11(13)5-9/h4-5,7H,1-3,6H2,(H,14,15,16)/t7-/m1/s1. The Balaban J connectivity index is 2.24. The van der Waals surface area contributed by atoms with E-state index in [0.717, 1.165) is 6.07 Å². The topological polar surface area (TPSA) is 54.4 Å². The van der Waals surface area contributed by atoms with Gasteiger partial charge >= 0.3 is 0 Å². The van der Waals surface area contributed by atoms with E-state index in [2.05, 4.69) is 0 Å². The Kier molecular flexibility index (Phi) is 3.18. The van der Waals surface area contributed by atoms with Crippen LogP contribution in [0.1, 0.15) is 17.5 Å². The van der Waals surface area contributed by atoms with Crippen LogP contribution in [0.5, 0.6) is 0 Å². The maximum atomic E-state index is 13.5. The van der Waals surface area contributed by atoms with Gasteiger partial charge in [-0.05, 0) is 42.4 Å². The Hall–Kier alpha value is -1.01. The van der Waals surface area contributed by atoms with Crippen molar-refractivity contribution in [1.82, 2.24) is 0 Å². The molecule has 0 saturated heterocycles. The number of hydrogen-bond donors (Lipinski definition) is 1. The van der Waals surface area contributed by atoms with Gasteiger partial charge < -0.3 is 0 Å². The van der Waals surface area contributed by atoms with Crippen molar-refractivity contribution >= 4 is 10.1 Å². The van der Waals surface area contributed by atoms with Crippen molar-refractivity contribution in [3.8, 4) is 0 Å². The first-order valence-electron chi connectivity index (χ1n) is 5.27. The second-order valence-electron chi connectivity index (χ2n) is 4.38. The molecule has 0 aromatic heterocycles. The second-order valence-corrected chi connectivity index (χ2v) is 5.88. The maximum absolute atomic E-state index is 13.5. The van der Waals surface area contributed by atoms with E-state index in [9.17, 15) is 17.2 Å². The summed E-state index contributed by atoms with van der Waals surface area (Å²) in [6.07, 6.45) is 1.17. The van der Waals surface area contributed by atoms with E-state index >= 15 is 0 Å². The molecule has 0 aliphatic heterocycles. The fourth-order valence-electron chi connectivity index (χ4n) is 2.30. The molecule has 1 N–H and O–H groups in total. The van der Waals surface area contributed by atoms with Gasteiger partial charge in [-0.3, -0.25) is 4.55 Å². The molecule has 0 amide bonds. The van der Waals surface area contributed by atoms with Gasteiger partial charge in [0.05, 0.1) is 5.75 Å².